The highest BCUT2D eigenvalue weighted by molar-refractivity contribution is 5.76. The van der Waals surface area contributed by atoms with Gasteiger partial charge in [-0.25, -0.2) is 0 Å². The van der Waals surface area contributed by atoms with E-state index in [4.69, 9.17) is 4.74 Å². The van der Waals surface area contributed by atoms with Crippen LogP contribution in [0.3, 0.4) is 0 Å². The molecule has 0 atom stereocenters. The van der Waals surface area contributed by atoms with E-state index in [2.05, 4.69) is 11.0 Å². The highest BCUT2D eigenvalue weighted by Crippen LogP contribution is 2.44. The molecule has 15 heavy (non-hydrogen) atoms. The van der Waals surface area contributed by atoms with E-state index >= 15 is 0 Å². The topological polar surface area (TPSA) is 12.5 Å². The van der Waals surface area contributed by atoms with Gasteiger partial charge in [-0.2, -0.15) is 0 Å². The van der Waals surface area contributed by atoms with E-state index in [9.17, 15) is 0 Å². The third kappa shape index (κ3) is 1.18. The summed E-state index contributed by atoms with van der Waals surface area (Å²) in [4.78, 5) is 2.12. The normalized spacial score (nSPS) is 12.7. The summed E-state index contributed by atoms with van der Waals surface area (Å²) in [7, 11) is 2.04. The highest BCUT2D eigenvalue weighted by atomic mass is 16.5. The fourth-order valence-electron chi connectivity index (χ4n) is 1.82. The number of para-hydroxylation sites is 2. The number of rotatable bonds is 0. The summed E-state index contributed by atoms with van der Waals surface area (Å²) in [5.41, 5.74) is 2.14. The molecule has 0 aromatic heterocycles. The Labute approximate surface area is 88.7 Å². The predicted octanol–water partition coefficient (Wildman–Crippen LogP) is 3.36. The minimum absolute atomic E-state index is 0.884. The van der Waals surface area contributed by atoms with Gasteiger partial charge in [-0.3, -0.25) is 0 Å². The third-order valence-electron chi connectivity index (χ3n) is 2.61. The van der Waals surface area contributed by atoms with E-state index in [1.165, 1.54) is 0 Å². The average molecular weight is 196 g/mol. The van der Waals surface area contributed by atoms with Gasteiger partial charge in [0.05, 0.1) is 11.4 Å². The molecule has 0 bridgehead atoms. The Balaban J connectivity index is 2.20. The zero-order chi connectivity index (χ0) is 10.3. The molecule has 3 rings (SSSR count). The van der Waals surface area contributed by atoms with E-state index in [1.807, 2.05) is 49.5 Å². The van der Waals surface area contributed by atoms with E-state index in [1.54, 1.807) is 0 Å². The van der Waals surface area contributed by atoms with Crippen LogP contribution in [0.4, 0.5) is 11.4 Å². The second kappa shape index (κ2) is 3.02. The Morgan fingerprint density at radius 1 is 1.07 bits per heavy atom. The van der Waals surface area contributed by atoms with E-state index in [0.29, 0.717) is 0 Å². The van der Waals surface area contributed by atoms with Crippen molar-refractivity contribution in [1.29, 1.82) is 0 Å². The van der Waals surface area contributed by atoms with Crippen LogP contribution in [0.2, 0.25) is 0 Å². The van der Waals surface area contributed by atoms with Crippen molar-refractivity contribution in [3.05, 3.63) is 48.5 Å². The lowest BCUT2D eigenvalue weighted by Crippen LogP contribution is -2.15. The Bertz CT molecular complexity index is 462. The molecule has 2 heteroatoms. The van der Waals surface area contributed by atoms with Crippen LogP contribution in [0.15, 0.2) is 42.5 Å². The lowest BCUT2D eigenvalue weighted by molar-refractivity contribution is 0.475. The standard InChI is InChI=1S/C13H10NO/c1-14-10-6-2-4-8-12(10)15-13-9-5-3-7-11(13)14/h2,4-9H,1H3. The number of hydrogen-bond acceptors (Lipinski definition) is 2. The van der Waals surface area contributed by atoms with Gasteiger partial charge in [0.15, 0.2) is 11.5 Å². The van der Waals surface area contributed by atoms with Gasteiger partial charge >= 0.3 is 0 Å². The number of fused-ring (bicyclic) bond motifs is 2. The SMILES string of the molecule is CN1c2c[c]ccc2Oc2ccccc21. The van der Waals surface area contributed by atoms with E-state index in [0.717, 1.165) is 22.9 Å². The molecule has 1 aliphatic rings. The zero-order valence-electron chi connectivity index (χ0n) is 8.40. The second-order valence-electron chi connectivity index (χ2n) is 3.52. The van der Waals surface area contributed by atoms with Crippen LogP contribution in [0.25, 0.3) is 0 Å². The van der Waals surface area contributed by atoms with Crippen LogP contribution in [-0.2, 0) is 0 Å². The third-order valence-corrected chi connectivity index (χ3v) is 2.61. The summed E-state index contributed by atoms with van der Waals surface area (Å²) in [6.07, 6.45) is 0. The second-order valence-corrected chi connectivity index (χ2v) is 3.52. The van der Waals surface area contributed by atoms with Gasteiger partial charge in [-0.05, 0) is 30.3 Å². The summed E-state index contributed by atoms with van der Waals surface area (Å²) < 4.78 is 5.79. The van der Waals surface area contributed by atoms with Crippen molar-refractivity contribution in [2.24, 2.45) is 0 Å². The van der Waals surface area contributed by atoms with Crippen molar-refractivity contribution in [2.45, 2.75) is 0 Å². The molecule has 0 fully saturated rings. The van der Waals surface area contributed by atoms with Crippen molar-refractivity contribution >= 4 is 11.4 Å². The molecule has 0 unspecified atom stereocenters. The number of benzene rings is 2. The Morgan fingerprint density at radius 3 is 2.80 bits per heavy atom. The fraction of sp³-hybridized carbons (Fsp3) is 0.0769. The molecule has 0 spiro atoms. The predicted molar refractivity (Wildman–Crippen MR) is 59.9 cm³/mol. The van der Waals surface area contributed by atoms with E-state index in [-0.39, 0.29) is 0 Å². The number of hydrogen-bond donors (Lipinski definition) is 0. The maximum absolute atomic E-state index is 5.79. The van der Waals surface area contributed by atoms with Crippen LogP contribution in [0.1, 0.15) is 0 Å². The molecule has 0 aliphatic carbocycles. The first kappa shape index (κ1) is 8.36. The minimum Gasteiger partial charge on any atom is -0.453 e. The molecule has 1 radical (unpaired) electrons. The first-order valence-corrected chi connectivity index (χ1v) is 4.87. The molecule has 2 aromatic rings. The van der Waals surface area contributed by atoms with Gasteiger partial charge in [-0.1, -0.05) is 18.2 Å². The molecule has 2 nitrogen and oxygen atoms in total. The molecule has 73 valence electrons. The molecular formula is C13H10NO. The van der Waals surface area contributed by atoms with Crippen LogP contribution < -0.4 is 9.64 Å². The molecule has 0 saturated heterocycles. The largest absolute Gasteiger partial charge is 0.453 e. The van der Waals surface area contributed by atoms with Gasteiger partial charge in [0.25, 0.3) is 0 Å². The molecule has 1 aliphatic heterocycles. The first-order valence-electron chi connectivity index (χ1n) is 4.87. The molecule has 0 saturated carbocycles. The van der Waals surface area contributed by atoms with Crippen LogP contribution >= 0.6 is 0 Å². The maximum Gasteiger partial charge on any atom is 0.151 e. The number of nitrogens with zero attached hydrogens (tertiary/aromatic N) is 1. The Hall–Kier alpha value is -1.96. The van der Waals surface area contributed by atoms with Gasteiger partial charge in [0.2, 0.25) is 0 Å². The summed E-state index contributed by atoms with van der Waals surface area (Å²) in [6, 6.07) is 16.8. The molecule has 2 aromatic carbocycles. The van der Waals surface area contributed by atoms with Crippen molar-refractivity contribution in [1.82, 2.24) is 0 Å². The van der Waals surface area contributed by atoms with Crippen LogP contribution in [0, 0.1) is 6.07 Å². The van der Waals surface area contributed by atoms with Crippen LogP contribution in [0.5, 0.6) is 11.5 Å². The molecule has 1 heterocycles. The van der Waals surface area contributed by atoms with E-state index < -0.39 is 0 Å². The zero-order valence-corrected chi connectivity index (χ0v) is 8.40. The summed E-state index contributed by atoms with van der Waals surface area (Å²) in [5.74, 6) is 1.79. The Kier molecular flexibility index (Phi) is 1.68. The lowest BCUT2D eigenvalue weighted by Gasteiger charge is -2.29. The Morgan fingerprint density at radius 2 is 1.87 bits per heavy atom. The van der Waals surface area contributed by atoms with Crippen molar-refractivity contribution in [3.8, 4) is 11.5 Å². The summed E-state index contributed by atoms with van der Waals surface area (Å²) >= 11 is 0. The fourth-order valence-corrected chi connectivity index (χ4v) is 1.82. The van der Waals surface area contributed by atoms with Crippen molar-refractivity contribution in [3.63, 3.8) is 0 Å². The summed E-state index contributed by atoms with van der Waals surface area (Å²) in [6.45, 7) is 0. The van der Waals surface area contributed by atoms with Gasteiger partial charge in [0, 0.05) is 7.05 Å². The number of ether oxygens (including phenoxy) is 1. The number of anilines is 2. The highest BCUT2D eigenvalue weighted by Gasteiger charge is 2.19. The lowest BCUT2D eigenvalue weighted by atomic mass is 10.2. The average Bonchev–Trinajstić information content (AvgIpc) is 2.30. The molecular weight excluding hydrogens is 186 g/mol. The molecule has 0 N–H and O–H groups in total. The van der Waals surface area contributed by atoms with Gasteiger partial charge in [0.1, 0.15) is 0 Å². The van der Waals surface area contributed by atoms with Gasteiger partial charge < -0.3 is 9.64 Å². The minimum atomic E-state index is 0.884. The maximum atomic E-state index is 5.79. The van der Waals surface area contributed by atoms with Gasteiger partial charge in [-0.15, -0.1) is 0 Å². The monoisotopic (exact) mass is 196 g/mol. The van der Waals surface area contributed by atoms with Crippen LogP contribution in [-0.4, -0.2) is 7.05 Å². The first-order chi connectivity index (χ1) is 7.36. The quantitative estimate of drug-likeness (QED) is 0.640. The summed E-state index contributed by atoms with van der Waals surface area (Å²) in [5, 5.41) is 0. The smallest absolute Gasteiger partial charge is 0.151 e. The molecule has 0 amide bonds. The van der Waals surface area contributed by atoms with Crippen molar-refractivity contribution in [2.75, 3.05) is 11.9 Å². The van der Waals surface area contributed by atoms with Crippen molar-refractivity contribution < 1.29 is 4.74 Å².